The Hall–Kier alpha value is -3.46. The van der Waals surface area contributed by atoms with Crippen molar-refractivity contribution in [2.75, 3.05) is 5.75 Å². The van der Waals surface area contributed by atoms with Gasteiger partial charge in [0.25, 0.3) is 5.91 Å². The first-order valence-electron chi connectivity index (χ1n) is 10.5. The van der Waals surface area contributed by atoms with E-state index in [1.54, 1.807) is 18.2 Å². The van der Waals surface area contributed by atoms with Crippen molar-refractivity contribution in [2.45, 2.75) is 44.8 Å². The Labute approximate surface area is 197 Å². The number of amides is 1. The molecule has 1 aromatic heterocycles. The molecule has 0 saturated heterocycles. The number of carbonyl (C=O) groups is 2. The molecule has 0 bridgehead atoms. The van der Waals surface area contributed by atoms with Gasteiger partial charge < -0.3 is 9.67 Å². The molecule has 3 aromatic rings. The van der Waals surface area contributed by atoms with Crippen molar-refractivity contribution in [3.8, 4) is 11.4 Å². The van der Waals surface area contributed by atoms with E-state index < -0.39 is 5.97 Å². The van der Waals surface area contributed by atoms with Crippen LogP contribution in [0.2, 0.25) is 0 Å². The second-order valence-electron chi connectivity index (χ2n) is 8.35. The number of nitrogens with one attached hydrogen (secondary N) is 1. The molecule has 0 unspecified atom stereocenters. The van der Waals surface area contributed by atoms with Gasteiger partial charge in [0.15, 0.2) is 11.0 Å². The number of benzene rings is 2. The molecule has 172 valence electrons. The van der Waals surface area contributed by atoms with Gasteiger partial charge in [-0.25, -0.2) is 10.2 Å². The number of carbonyl (C=O) groups excluding carboxylic acids is 1. The van der Waals surface area contributed by atoms with Crippen LogP contribution in [0.1, 0.15) is 49.2 Å². The second-order valence-corrected chi connectivity index (χ2v) is 9.29. The molecule has 1 heterocycles. The topological polar surface area (TPSA) is 109 Å². The molecule has 33 heavy (non-hydrogen) atoms. The lowest BCUT2D eigenvalue weighted by Crippen LogP contribution is -2.20. The van der Waals surface area contributed by atoms with E-state index in [0.717, 1.165) is 11.4 Å². The van der Waals surface area contributed by atoms with E-state index in [2.05, 4.69) is 53.6 Å². The fraction of sp³-hybridized carbons (Fsp3) is 0.292. The largest absolute Gasteiger partial charge is 0.478 e. The fourth-order valence-corrected chi connectivity index (χ4v) is 3.95. The number of aromatic nitrogens is 3. The minimum Gasteiger partial charge on any atom is -0.478 e. The summed E-state index contributed by atoms with van der Waals surface area (Å²) in [4.78, 5) is 23.4. The van der Waals surface area contributed by atoms with Gasteiger partial charge in [-0.1, -0.05) is 75.0 Å². The number of hydrogen-bond donors (Lipinski definition) is 2. The van der Waals surface area contributed by atoms with Crippen molar-refractivity contribution >= 4 is 29.9 Å². The number of thioether (sulfide) groups is 1. The third-order valence-electron chi connectivity index (χ3n) is 4.96. The molecule has 0 aliphatic carbocycles. The normalized spacial score (nSPS) is 11.6. The average Bonchev–Trinajstić information content (AvgIpc) is 3.20. The molecule has 2 N–H and O–H groups in total. The number of carboxylic acids is 1. The third kappa shape index (κ3) is 6.07. The summed E-state index contributed by atoms with van der Waals surface area (Å²) in [6, 6.07) is 14.7. The summed E-state index contributed by atoms with van der Waals surface area (Å²) >= 11 is 1.27. The van der Waals surface area contributed by atoms with Gasteiger partial charge in [0.2, 0.25) is 0 Å². The summed E-state index contributed by atoms with van der Waals surface area (Å²) in [7, 11) is 0. The first-order chi connectivity index (χ1) is 15.7. The standard InChI is InChI=1S/C24H27N5O3S/c1-5-29-21(16-10-12-18(13-11-16)24(2,3)4)27-28-23(29)33-15-20(30)26-25-14-17-8-6-7-9-19(17)22(31)32/h6-14H,5,15H2,1-4H3,(H,26,30)(H,31,32)/b25-14-. The Balaban J connectivity index is 1.63. The van der Waals surface area contributed by atoms with E-state index in [4.69, 9.17) is 0 Å². The fourth-order valence-electron chi connectivity index (χ4n) is 3.15. The Morgan fingerprint density at radius 3 is 2.45 bits per heavy atom. The van der Waals surface area contributed by atoms with Crippen molar-refractivity contribution in [3.05, 3.63) is 65.2 Å². The van der Waals surface area contributed by atoms with E-state index >= 15 is 0 Å². The Kier molecular flexibility index (Phi) is 7.65. The zero-order valence-corrected chi connectivity index (χ0v) is 19.9. The molecule has 0 aliphatic rings. The van der Waals surface area contributed by atoms with Gasteiger partial charge in [-0.15, -0.1) is 10.2 Å². The molecule has 0 spiro atoms. The number of nitrogens with zero attached hydrogens (tertiary/aromatic N) is 4. The summed E-state index contributed by atoms with van der Waals surface area (Å²) in [5, 5.41) is 22.3. The summed E-state index contributed by atoms with van der Waals surface area (Å²) in [5.41, 5.74) is 5.23. The van der Waals surface area contributed by atoms with E-state index in [9.17, 15) is 14.7 Å². The van der Waals surface area contributed by atoms with E-state index in [0.29, 0.717) is 17.3 Å². The average molecular weight is 466 g/mol. The number of carboxylic acid groups (broad SMARTS) is 1. The molecule has 0 saturated carbocycles. The van der Waals surface area contributed by atoms with Gasteiger partial charge >= 0.3 is 5.97 Å². The van der Waals surface area contributed by atoms with Crippen molar-refractivity contribution in [3.63, 3.8) is 0 Å². The minimum absolute atomic E-state index is 0.0729. The maximum Gasteiger partial charge on any atom is 0.336 e. The number of rotatable bonds is 8. The predicted octanol–water partition coefficient (Wildman–Crippen LogP) is 4.20. The van der Waals surface area contributed by atoms with Crippen LogP contribution in [0.25, 0.3) is 11.4 Å². The van der Waals surface area contributed by atoms with Crippen LogP contribution < -0.4 is 5.43 Å². The highest BCUT2D eigenvalue weighted by atomic mass is 32.2. The summed E-state index contributed by atoms with van der Waals surface area (Å²) < 4.78 is 1.97. The van der Waals surface area contributed by atoms with E-state index in [-0.39, 0.29) is 22.6 Å². The van der Waals surface area contributed by atoms with Gasteiger partial charge in [0.05, 0.1) is 17.5 Å². The van der Waals surface area contributed by atoms with Gasteiger partial charge in [-0.05, 0) is 24.0 Å². The van der Waals surface area contributed by atoms with Crippen LogP contribution in [0.3, 0.4) is 0 Å². The third-order valence-corrected chi connectivity index (χ3v) is 5.93. The minimum atomic E-state index is -1.05. The molecule has 3 rings (SSSR count). The van der Waals surface area contributed by atoms with E-state index in [1.807, 2.05) is 23.6 Å². The maximum absolute atomic E-state index is 12.2. The Morgan fingerprint density at radius 2 is 1.82 bits per heavy atom. The van der Waals surface area contributed by atoms with Crippen molar-refractivity contribution in [1.29, 1.82) is 0 Å². The predicted molar refractivity (Wildman–Crippen MR) is 130 cm³/mol. The molecular weight excluding hydrogens is 438 g/mol. The molecule has 0 radical (unpaired) electrons. The molecular formula is C24H27N5O3S. The Morgan fingerprint density at radius 1 is 1.12 bits per heavy atom. The lowest BCUT2D eigenvalue weighted by atomic mass is 9.87. The molecule has 0 aliphatic heterocycles. The van der Waals surface area contributed by atoms with Crippen LogP contribution in [0.15, 0.2) is 58.8 Å². The molecule has 8 nitrogen and oxygen atoms in total. The number of hydrazone groups is 1. The lowest BCUT2D eigenvalue weighted by molar-refractivity contribution is -0.118. The number of hydrogen-bond acceptors (Lipinski definition) is 6. The van der Waals surface area contributed by atoms with E-state index in [1.165, 1.54) is 29.6 Å². The van der Waals surface area contributed by atoms with Crippen LogP contribution in [0, 0.1) is 0 Å². The smallest absolute Gasteiger partial charge is 0.336 e. The molecule has 1 amide bonds. The Bertz CT molecular complexity index is 1160. The lowest BCUT2D eigenvalue weighted by Gasteiger charge is -2.19. The second kappa shape index (κ2) is 10.4. The summed E-state index contributed by atoms with van der Waals surface area (Å²) in [6.07, 6.45) is 1.32. The van der Waals surface area contributed by atoms with Crippen molar-refractivity contribution < 1.29 is 14.7 Å². The zero-order valence-electron chi connectivity index (χ0n) is 19.1. The van der Waals surface area contributed by atoms with Crippen LogP contribution in [0.5, 0.6) is 0 Å². The molecule has 2 aromatic carbocycles. The SMILES string of the molecule is CCn1c(SCC(=O)N/N=C\c2ccccc2C(=O)O)nnc1-c1ccc(C(C)(C)C)cc1. The highest BCUT2D eigenvalue weighted by Crippen LogP contribution is 2.27. The van der Waals surface area contributed by atoms with Crippen molar-refractivity contribution in [2.24, 2.45) is 5.10 Å². The van der Waals surface area contributed by atoms with Crippen LogP contribution in [-0.2, 0) is 16.8 Å². The van der Waals surface area contributed by atoms with Crippen molar-refractivity contribution in [1.82, 2.24) is 20.2 Å². The first kappa shape index (κ1) is 24.2. The monoisotopic (exact) mass is 465 g/mol. The zero-order chi connectivity index (χ0) is 24.0. The highest BCUT2D eigenvalue weighted by molar-refractivity contribution is 7.99. The van der Waals surface area contributed by atoms with Crippen LogP contribution >= 0.6 is 11.8 Å². The summed E-state index contributed by atoms with van der Waals surface area (Å²) in [5.74, 6) is -0.532. The van der Waals surface area contributed by atoms with Gasteiger partial charge in [0.1, 0.15) is 0 Å². The molecule has 9 heteroatoms. The quantitative estimate of drug-likeness (QED) is 0.293. The van der Waals surface area contributed by atoms with Crippen LogP contribution in [-0.4, -0.2) is 43.7 Å². The first-order valence-corrected chi connectivity index (χ1v) is 11.5. The van der Waals surface area contributed by atoms with Gasteiger partial charge in [-0.2, -0.15) is 5.10 Å². The highest BCUT2D eigenvalue weighted by Gasteiger charge is 2.17. The summed E-state index contributed by atoms with van der Waals surface area (Å²) in [6.45, 7) is 9.18. The van der Waals surface area contributed by atoms with Crippen LogP contribution in [0.4, 0.5) is 0 Å². The molecule has 0 fully saturated rings. The van der Waals surface area contributed by atoms with Gasteiger partial charge in [0, 0.05) is 17.7 Å². The number of aromatic carboxylic acids is 1. The maximum atomic E-state index is 12.2. The molecule has 0 atom stereocenters. The van der Waals surface area contributed by atoms with Gasteiger partial charge in [-0.3, -0.25) is 4.79 Å².